The van der Waals surface area contributed by atoms with Gasteiger partial charge in [0, 0.05) is 13.1 Å². The van der Waals surface area contributed by atoms with Crippen LogP contribution < -0.4 is 11.2 Å². The van der Waals surface area contributed by atoms with Crippen LogP contribution in [0.2, 0.25) is 0 Å². The van der Waals surface area contributed by atoms with Gasteiger partial charge in [0.05, 0.1) is 11.2 Å². The SMILES string of the molecule is Cn1c(C(F)(F)F)cc(=O)n(-c2ccc3nnn(-c4ccccc4O)c3c2)c1=O. The molecule has 11 heteroatoms. The van der Waals surface area contributed by atoms with Gasteiger partial charge in [-0.2, -0.15) is 13.2 Å². The molecule has 0 radical (unpaired) electrons. The van der Waals surface area contributed by atoms with Crippen LogP contribution in [-0.4, -0.2) is 29.2 Å². The fourth-order valence-corrected chi connectivity index (χ4v) is 3.00. The van der Waals surface area contributed by atoms with Gasteiger partial charge in [0.15, 0.2) is 0 Å². The number of para-hydroxylation sites is 2. The lowest BCUT2D eigenvalue weighted by Crippen LogP contribution is -2.40. The van der Waals surface area contributed by atoms with Gasteiger partial charge in [-0.3, -0.25) is 9.36 Å². The van der Waals surface area contributed by atoms with Crippen molar-refractivity contribution in [3.8, 4) is 17.1 Å². The number of benzene rings is 2. The fourth-order valence-electron chi connectivity index (χ4n) is 3.00. The number of aromatic nitrogens is 5. The first-order valence-corrected chi connectivity index (χ1v) is 8.23. The number of fused-ring (bicyclic) bond motifs is 1. The van der Waals surface area contributed by atoms with E-state index in [1.54, 1.807) is 18.2 Å². The first-order chi connectivity index (χ1) is 13.7. The van der Waals surface area contributed by atoms with Gasteiger partial charge >= 0.3 is 11.9 Å². The van der Waals surface area contributed by atoms with Crippen molar-refractivity contribution in [3.63, 3.8) is 0 Å². The fraction of sp³-hybridized carbons (Fsp3) is 0.111. The zero-order valence-corrected chi connectivity index (χ0v) is 14.8. The molecule has 0 unspecified atom stereocenters. The molecule has 0 aliphatic rings. The molecule has 0 bridgehead atoms. The Morgan fingerprint density at radius 2 is 1.76 bits per heavy atom. The lowest BCUT2D eigenvalue weighted by atomic mass is 10.2. The molecule has 8 nitrogen and oxygen atoms in total. The third-order valence-electron chi connectivity index (χ3n) is 4.41. The minimum Gasteiger partial charge on any atom is -0.506 e. The molecule has 0 atom stereocenters. The number of aromatic hydroxyl groups is 1. The van der Waals surface area contributed by atoms with Crippen LogP contribution in [0, 0.1) is 0 Å². The summed E-state index contributed by atoms with van der Waals surface area (Å²) in [6.45, 7) is 0. The van der Waals surface area contributed by atoms with Crippen molar-refractivity contribution in [1.82, 2.24) is 24.1 Å². The number of halogens is 3. The standard InChI is InChI=1S/C18H12F3N5O3/c1-24-15(18(19,20)21)9-16(28)25(17(24)29)10-6-7-11-13(8-10)26(23-22-11)12-4-2-3-5-14(12)27/h2-9,27H,1H3. The summed E-state index contributed by atoms with van der Waals surface area (Å²) in [6.07, 6.45) is -4.84. The van der Waals surface area contributed by atoms with E-state index in [0.29, 0.717) is 31.9 Å². The molecule has 2 aromatic heterocycles. The van der Waals surface area contributed by atoms with E-state index in [1.165, 1.54) is 28.9 Å². The number of phenols is 1. The quantitative estimate of drug-likeness (QED) is 0.552. The minimum atomic E-state index is -4.84. The maximum atomic E-state index is 13.0. The van der Waals surface area contributed by atoms with Crippen LogP contribution >= 0.6 is 0 Å². The van der Waals surface area contributed by atoms with Gasteiger partial charge in [-0.05, 0) is 30.3 Å². The highest BCUT2D eigenvalue weighted by Gasteiger charge is 2.35. The zero-order chi connectivity index (χ0) is 20.9. The van der Waals surface area contributed by atoms with E-state index in [2.05, 4.69) is 10.3 Å². The Morgan fingerprint density at radius 3 is 2.45 bits per heavy atom. The van der Waals surface area contributed by atoms with E-state index in [-0.39, 0.29) is 11.4 Å². The van der Waals surface area contributed by atoms with Gasteiger partial charge in [0.2, 0.25) is 0 Å². The van der Waals surface area contributed by atoms with Crippen molar-refractivity contribution in [2.45, 2.75) is 6.18 Å². The van der Waals surface area contributed by atoms with Crippen LogP contribution in [0.15, 0.2) is 58.1 Å². The van der Waals surface area contributed by atoms with Crippen molar-refractivity contribution < 1.29 is 18.3 Å². The van der Waals surface area contributed by atoms with Gasteiger partial charge in [-0.1, -0.05) is 17.3 Å². The summed E-state index contributed by atoms with van der Waals surface area (Å²) in [6, 6.07) is 10.9. The molecule has 0 fully saturated rings. The number of phenolic OH excluding ortho intramolecular Hbond substituents is 1. The third-order valence-corrected chi connectivity index (χ3v) is 4.41. The first-order valence-electron chi connectivity index (χ1n) is 8.23. The maximum absolute atomic E-state index is 13.0. The Labute approximate surface area is 159 Å². The van der Waals surface area contributed by atoms with Gasteiger partial charge in [-0.15, -0.1) is 5.10 Å². The highest BCUT2D eigenvalue weighted by molar-refractivity contribution is 5.79. The number of hydrogen-bond acceptors (Lipinski definition) is 5. The van der Waals surface area contributed by atoms with E-state index in [9.17, 15) is 27.9 Å². The molecule has 29 heavy (non-hydrogen) atoms. The van der Waals surface area contributed by atoms with Gasteiger partial charge in [0.25, 0.3) is 5.56 Å². The zero-order valence-electron chi connectivity index (χ0n) is 14.8. The molecule has 4 aromatic rings. The number of nitrogens with zero attached hydrogens (tertiary/aromatic N) is 5. The van der Waals surface area contributed by atoms with Crippen LogP contribution in [0.5, 0.6) is 5.75 Å². The summed E-state index contributed by atoms with van der Waals surface area (Å²) in [4.78, 5) is 24.8. The van der Waals surface area contributed by atoms with Gasteiger partial charge in [0.1, 0.15) is 22.6 Å². The van der Waals surface area contributed by atoms with E-state index in [0.717, 1.165) is 7.05 Å². The van der Waals surface area contributed by atoms with Crippen molar-refractivity contribution in [1.29, 1.82) is 0 Å². The molecular formula is C18H12F3N5O3. The normalized spacial score (nSPS) is 11.9. The van der Waals surface area contributed by atoms with Crippen LogP contribution in [0.4, 0.5) is 13.2 Å². The number of rotatable bonds is 2. The molecule has 0 spiro atoms. The average Bonchev–Trinajstić information content (AvgIpc) is 3.07. The van der Waals surface area contributed by atoms with Crippen LogP contribution in [-0.2, 0) is 13.2 Å². The second-order valence-electron chi connectivity index (χ2n) is 6.21. The lowest BCUT2D eigenvalue weighted by molar-refractivity contribution is -0.144. The van der Waals surface area contributed by atoms with Gasteiger partial charge < -0.3 is 5.11 Å². The van der Waals surface area contributed by atoms with E-state index in [4.69, 9.17) is 0 Å². The molecular weight excluding hydrogens is 391 g/mol. The van der Waals surface area contributed by atoms with Crippen LogP contribution in [0.1, 0.15) is 5.69 Å². The van der Waals surface area contributed by atoms with Crippen molar-refractivity contribution >= 4 is 11.0 Å². The monoisotopic (exact) mass is 403 g/mol. The van der Waals surface area contributed by atoms with Crippen molar-refractivity contribution in [2.24, 2.45) is 7.05 Å². The molecule has 0 saturated heterocycles. The molecule has 148 valence electrons. The molecule has 4 rings (SSSR count). The highest BCUT2D eigenvalue weighted by Crippen LogP contribution is 2.27. The Bertz CT molecular complexity index is 1370. The second-order valence-corrected chi connectivity index (χ2v) is 6.21. The molecule has 1 N–H and O–H groups in total. The molecule has 0 aliphatic carbocycles. The Kier molecular flexibility index (Phi) is 4.03. The summed E-state index contributed by atoms with van der Waals surface area (Å²) in [5.74, 6) is -0.0766. The molecule has 0 aliphatic heterocycles. The Balaban J connectivity index is 1.96. The van der Waals surface area contributed by atoms with Gasteiger partial charge in [-0.25, -0.2) is 14.0 Å². The van der Waals surface area contributed by atoms with Crippen LogP contribution in [0.25, 0.3) is 22.4 Å². The lowest BCUT2D eigenvalue weighted by Gasteiger charge is -2.14. The molecule has 2 aromatic carbocycles. The Morgan fingerprint density at radius 1 is 1.03 bits per heavy atom. The Hall–Kier alpha value is -3.89. The minimum absolute atomic E-state index is 0.0378. The maximum Gasteiger partial charge on any atom is 0.431 e. The van der Waals surface area contributed by atoms with E-state index < -0.39 is 23.1 Å². The summed E-state index contributed by atoms with van der Waals surface area (Å²) in [5, 5.41) is 18.0. The topological polar surface area (TPSA) is 94.9 Å². The van der Waals surface area contributed by atoms with Crippen molar-refractivity contribution in [2.75, 3.05) is 0 Å². The summed E-state index contributed by atoms with van der Waals surface area (Å²) in [7, 11) is 0.938. The summed E-state index contributed by atoms with van der Waals surface area (Å²) in [5.41, 5.74) is -2.53. The molecule has 2 heterocycles. The summed E-state index contributed by atoms with van der Waals surface area (Å²) >= 11 is 0. The first kappa shape index (κ1) is 18.5. The number of hydrogen-bond donors (Lipinski definition) is 1. The van der Waals surface area contributed by atoms with Crippen LogP contribution in [0.3, 0.4) is 0 Å². The number of alkyl halides is 3. The predicted molar refractivity (Wildman–Crippen MR) is 96.4 cm³/mol. The highest BCUT2D eigenvalue weighted by atomic mass is 19.4. The van der Waals surface area contributed by atoms with E-state index >= 15 is 0 Å². The third kappa shape index (κ3) is 2.96. The largest absolute Gasteiger partial charge is 0.506 e. The smallest absolute Gasteiger partial charge is 0.431 e. The van der Waals surface area contributed by atoms with Crippen molar-refractivity contribution in [3.05, 3.63) is 75.1 Å². The summed E-state index contributed by atoms with van der Waals surface area (Å²) < 4.78 is 41.4. The second kappa shape index (κ2) is 6.33. The predicted octanol–water partition coefficient (Wildman–Crippen LogP) is 1.99. The van der Waals surface area contributed by atoms with E-state index in [1.807, 2.05) is 0 Å². The molecule has 0 saturated carbocycles. The molecule has 0 amide bonds. The average molecular weight is 403 g/mol.